The number of rotatable bonds is 2. The fourth-order valence-corrected chi connectivity index (χ4v) is 4.78. The molecule has 0 saturated carbocycles. The van der Waals surface area contributed by atoms with Crippen molar-refractivity contribution in [1.82, 2.24) is 9.80 Å². The van der Waals surface area contributed by atoms with Crippen molar-refractivity contribution in [1.29, 1.82) is 0 Å². The van der Waals surface area contributed by atoms with Gasteiger partial charge in [-0.3, -0.25) is 9.11 Å². The largest absolute Gasteiger partial charge is 0.359 e. The molecule has 0 aliphatic carbocycles. The van der Waals surface area contributed by atoms with Gasteiger partial charge in [-0.25, -0.2) is 4.21 Å². The highest BCUT2D eigenvalue weighted by molar-refractivity contribution is 8.46. The van der Waals surface area contributed by atoms with E-state index in [9.17, 15) is 13.0 Å². The monoisotopic (exact) mass is 322 g/mol. The highest BCUT2D eigenvalue weighted by Crippen LogP contribution is 2.30. The molecule has 1 atom stereocenters. The Morgan fingerprint density at radius 3 is 1.65 bits per heavy atom. The first-order valence-electron chi connectivity index (χ1n) is 4.08. The van der Waals surface area contributed by atoms with Crippen LogP contribution < -0.4 is 0 Å². The SMILES string of the molecule is CN(C)C(=S)S(=O)(O)(OS(=O)O)C(=S)N(C)C. The molecule has 2 N–H and O–H groups in total. The van der Waals surface area contributed by atoms with Crippen LogP contribution in [0.1, 0.15) is 0 Å². The van der Waals surface area contributed by atoms with Gasteiger partial charge >= 0.3 is 11.4 Å². The lowest BCUT2D eigenvalue weighted by molar-refractivity contribution is 0.401. The van der Waals surface area contributed by atoms with E-state index in [4.69, 9.17) is 29.0 Å². The second-order valence-corrected chi connectivity index (χ2v) is 8.15. The van der Waals surface area contributed by atoms with E-state index in [1.54, 1.807) is 0 Å². The summed E-state index contributed by atoms with van der Waals surface area (Å²) in [6.07, 6.45) is 0. The van der Waals surface area contributed by atoms with Crippen molar-refractivity contribution in [2.75, 3.05) is 28.2 Å². The minimum atomic E-state index is -5.33. The standard InChI is InChI=1S/C6H14N2O5S4/c1-7(2)5(14)17(11,12,13-16(9)10)6(15)8(3)4/h1-4H3,(H,9,10)(H,11,12). The molecule has 0 saturated heterocycles. The fraction of sp³-hybridized carbons (Fsp3) is 0.667. The third-order valence-corrected chi connectivity index (χ3v) is 7.46. The molecule has 0 aromatic rings. The van der Waals surface area contributed by atoms with Crippen molar-refractivity contribution in [3.8, 4) is 0 Å². The van der Waals surface area contributed by atoms with Gasteiger partial charge in [-0.15, -0.1) is 0 Å². The van der Waals surface area contributed by atoms with Crippen LogP contribution in [-0.2, 0) is 24.6 Å². The van der Waals surface area contributed by atoms with Crippen molar-refractivity contribution in [3.05, 3.63) is 0 Å². The number of hydrogen-bond donors (Lipinski definition) is 2. The predicted molar refractivity (Wildman–Crippen MR) is 75.2 cm³/mol. The zero-order valence-corrected chi connectivity index (χ0v) is 12.9. The molecule has 0 aliphatic heterocycles. The molecule has 0 rings (SSSR count). The predicted octanol–water partition coefficient (Wildman–Crippen LogP) is 0.0408. The minimum Gasteiger partial charge on any atom is -0.359 e. The Morgan fingerprint density at radius 1 is 1.18 bits per heavy atom. The maximum atomic E-state index is 12.5. The Kier molecular flexibility index (Phi) is 5.29. The highest BCUT2D eigenvalue weighted by atomic mass is 32.4. The first-order valence-corrected chi connectivity index (χ1v) is 7.78. The summed E-state index contributed by atoms with van der Waals surface area (Å²) in [6.45, 7) is 0. The molecule has 11 heteroatoms. The van der Waals surface area contributed by atoms with E-state index in [1.807, 2.05) is 0 Å². The molecule has 1 unspecified atom stereocenters. The summed E-state index contributed by atoms with van der Waals surface area (Å²) in [5, 5.41) is 0. The van der Waals surface area contributed by atoms with Crippen LogP contribution in [-0.4, -0.2) is 64.2 Å². The number of nitrogens with zero attached hydrogens (tertiary/aromatic N) is 2. The van der Waals surface area contributed by atoms with Gasteiger partial charge in [0.05, 0.1) is 0 Å². The number of thiocarbonyl (C=S) groups is 2. The maximum Gasteiger partial charge on any atom is 0.316 e. The topological polar surface area (TPSA) is 90.3 Å². The van der Waals surface area contributed by atoms with Gasteiger partial charge in [-0.2, -0.15) is 7.84 Å². The van der Waals surface area contributed by atoms with Crippen molar-refractivity contribution < 1.29 is 21.2 Å². The third-order valence-electron chi connectivity index (χ3n) is 1.53. The third kappa shape index (κ3) is 3.47. The molecule has 0 spiro atoms. The smallest absolute Gasteiger partial charge is 0.316 e. The lowest BCUT2D eigenvalue weighted by Gasteiger charge is -2.39. The van der Waals surface area contributed by atoms with E-state index < -0.39 is 29.6 Å². The van der Waals surface area contributed by atoms with Gasteiger partial charge in [0, 0.05) is 28.2 Å². The summed E-state index contributed by atoms with van der Waals surface area (Å²) in [6, 6.07) is 0. The highest BCUT2D eigenvalue weighted by Gasteiger charge is 2.49. The summed E-state index contributed by atoms with van der Waals surface area (Å²) in [5.74, 6) is 0. The first-order chi connectivity index (χ1) is 7.42. The van der Waals surface area contributed by atoms with Crippen LogP contribution in [0.5, 0.6) is 0 Å². The Bertz CT molecular complexity index is 408. The molecule has 0 aromatic carbocycles. The lowest BCUT2D eigenvalue weighted by Crippen LogP contribution is -2.57. The van der Waals surface area contributed by atoms with Gasteiger partial charge in [-0.1, -0.05) is 0 Å². The Labute approximate surface area is 113 Å². The van der Waals surface area contributed by atoms with E-state index in [0.29, 0.717) is 0 Å². The van der Waals surface area contributed by atoms with Gasteiger partial charge in [0.15, 0.2) is 8.64 Å². The van der Waals surface area contributed by atoms with Crippen LogP contribution in [0.25, 0.3) is 0 Å². The molecule has 0 amide bonds. The Morgan fingerprint density at radius 2 is 1.47 bits per heavy atom. The molecule has 0 radical (unpaired) electrons. The summed E-state index contributed by atoms with van der Waals surface area (Å²) >= 11 is 6.54. The van der Waals surface area contributed by atoms with Crippen molar-refractivity contribution in [3.63, 3.8) is 0 Å². The van der Waals surface area contributed by atoms with Crippen molar-refractivity contribution >= 4 is 54.1 Å². The van der Waals surface area contributed by atoms with Crippen LogP contribution in [0.15, 0.2) is 0 Å². The van der Waals surface area contributed by atoms with Crippen molar-refractivity contribution in [2.45, 2.75) is 0 Å². The van der Waals surface area contributed by atoms with E-state index in [1.165, 1.54) is 28.2 Å². The van der Waals surface area contributed by atoms with Gasteiger partial charge in [0.25, 0.3) is 0 Å². The molecule has 0 bridgehead atoms. The second kappa shape index (κ2) is 5.30. The summed E-state index contributed by atoms with van der Waals surface area (Å²) in [4.78, 5) is 2.24. The van der Waals surface area contributed by atoms with Gasteiger partial charge < -0.3 is 9.80 Å². The van der Waals surface area contributed by atoms with E-state index in [2.05, 4.69) is 3.63 Å². The Balaban J connectivity index is 5.85. The molecule has 102 valence electrons. The summed E-state index contributed by atoms with van der Waals surface area (Å²) in [5.41, 5.74) is 0. The second-order valence-electron chi connectivity index (χ2n) is 3.44. The molecular formula is C6H14N2O5S4. The molecule has 0 aromatic heterocycles. The van der Waals surface area contributed by atoms with Crippen LogP contribution in [0, 0.1) is 0 Å². The molecular weight excluding hydrogens is 308 g/mol. The van der Waals surface area contributed by atoms with Gasteiger partial charge in [0.2, 0.25) is 9.63 Å². The van der Waals surface area contributed by atoms with Gasteiger partial charge in [0.1, 0.15) is 0 Å². The molecule has 7 nitrogen and oxygen atoms in total. The molecule has 0 heterocycles. The lowest BCUT2D eigenvalue weighted by atomic mass is 11.0. The van der Waals surface area contributed by atoms with Crippen molar-refractivity contribution in [2.24, 2.45) is 0 Å². The minimum absolute atomic E-state index is 0.567. The maximum absolute atomic E-state index is 12.5. The average Bonchev–Trinajstić information content (AvgIpc) is 2.13. The first kappa shape index (κ1) is 17.0. The van der Waals surface area contributed by atoms with Crippen LogP contribution in [0.2, 0.25) is 0 Å². The van der Waals surface area contributed by atoms with Crippen LogP contribution >= 0.6 is 24.4 Å². The molecule has 17 heavy (non-hydrogen) atoms. The van der Waals surface area contributed by atoms with Gasteiger partial charge in [-0.05, 0) is 24.4 Å². The average molecular weight is 322 g/mol. The van der Waals surface area contributed by atoms with Crippen LogP contribution in [0.4, 0.5) is 0 Å². The number of hydrogen-bond acceptors (Lipinski definition) is 5. The zero-order chi connectivity index (χ0) is 14.0. The molecule has 0 fully saturated rings. The Hall–Kier alpha value is -0.0400. The van der Waals surface area contributed by atoms with E-state index in [-0.39, 0.29) is 0 Å². The summed E-state index contributed by atoms with van der Waals surface area (Å²) in [7, 11) is 0.255. The quantitative estimate of drug-likeness (QED) is 0.540. The fourth-order valence-electron chi connectivity index (χ4n) is 0.885. The van der Waals surface area contributed by atoms with E-state index >= 15 is 0 Å². The summed E-state index contributed by atoms with van der Waals surface area (Å²) < 4.78 is 45.1. The van der Waals surface area contributed by atoms with Crippen LogP contribution in [0.3, 0.4) is 0 Å². The zero-order valence-electron chi connectivity index (χ0n) is 9.65. The van der Waals surface area contributed by atoms with E-state index in [0.717, 1.165) is 9.80 Å². The molecule has 0 aliphatic rings. The normalized spacial score (nSPS) is 15.5.